The van der Waals surface area contributed by atoms with E-state index in [2.05, 4.69) is 6.58 Å². The fraction of sp³-hybridized carbons (Fsp3) is 0.727. The standard InChI is InChI=1S/C22H34O6/c1-7-12(2)17(28-14(4)23)10-15-13(3)8-9-18-21(5,20(26)27)11-16(24)19(25)22(15,18)6/h7,15-19,24-25H,3,8-11H2,1-2,4-6H3,(H,26,27)/t15-,16?,17-,18-,19?,21?,22+/m0/s1. The number of fused-ring (bicyclic) bond motifs is 1. The summed E-state index contributed by atoms with van der Waals surface area (Å²) < 4.78 is 5.53. The quantitative estimate of drug-likeness (QED) is 0.489. The fourth-order valence-electron chi connectivity index (χ4n) is 5.60. The SMILES string of the molecule is C=C1CC[C@H]2C(C)(C(=O)O)CC(O)C(O)[C@]2(C)[C@H]1C[C@H](OC(C)=O)C(C)=CC. The van der Waals surface area contributed by atoms with Gasteiger partial charge >= 0.3 is 11.9 Å². The number of esters is 1. The molecule has 28 heavy (non-hydrogen) atoms. The lowest BCUT2D eigenvalue weighted by molar-refractivity contribution is -0.208. The van der Waals surface area contributed by atoms with Gasteiger partial charge < -0.3 is 20.1 Å². The summed E-state index contributed by atoms with van der Waals surface area (Å²) in [7, 11) is 0. The summed E-state index contributed by atoms with van der Waals surface area (Å²) in [5.74, 6) is -1.96. The van der Waals surface area contributed by atoms with E-state index in [-0.39, 0.29) is 18.3 Å². The summed E-state index contributed by atoms with van der Waals surface area (Å²) in [4.78, 5) is 23.8. The molecule has 3 unspecified atom stereocenters. The second kappa shape index (κ2) is 7.99. The normalized spacial score (nSPS) is 39.8. The van der Waals surface area contributed by atoms with E-state index in [1.54, 1.807) is 6.92 Å². The summed E-state index contributed by atoms with van der Waals surface area (Å²) in [5, 5.41) is 31.5. The molecular weight excluding hydrogens is 360 g/mol. The van der Waals surface area contributed by atoms with Crippen LogP contribution in [0.2, 0.25) is 0 Å². The largest absolute Gasteiger partial charge is 0.481 e. The maximum Gasteiger partial charge on any atom is 0.309 e. The van der Waals surface area contributed by atoms with Crippen LogP contribution < -0.4 is 0 Å². The van der Waals surface area contributed by atoms with E-state index < -0.39 is 41.1 Å². The minimum atomic E-state index is -1.14. The Morgan fingerprint density at radius 1 is 1.32 bits per heavy atom. The zero-order chi connectivity index (χ0) is 21.4. The van der Waals surface area contributed by atoms with E-state index in [4.69, 9.17) is 4.74 Å². The van der Waals surface area contributed by atoms with Gasteiger partial charge in [0.15, 0.2) is 0 Å². The van der Waals surface area contributed by atoms with E-state index in [0.717, 1.165) is 11.1 Å². The van der Waals surface area contributed by atoms with Gasteiger partial charge in [0.25, 0.3) is 0 Å². The molecule has 0 amide bonds. The summed E-state index contributed by atoms with van der Waals surface area (Å²) >= 11 is 0. The lowest BCUT2D eigenvalue weighted by Crippen LogP contribution is -2.64. The van der Waals surface area contributed by atoms with Crippen molar-refractivity contribution in [3.63, 3.8) is 0 Å². The number of carbonyl (C=O) groups is 2. The first-order valence-corrected chi connectivity index (χ1v) is 9.96. The zero-order valence-electron chi connectivity index (χ0n) is 17.6. The van der Waals surface area contributed by atoms with Gasteiger partial charge in [-0.25, -0.2) is 0 Å². The fourth-order valence-corrected chi connectivity index (χ4v) is 5.60. The van der Waals surface area contributed by atoms with Crippen molar-refractivity contribution in [3.8, 4) is 0 Å². The second-order valence-corrected chi connectivity index (χ2v) is 8.97. The topological polar surface area (TPSA) is 104 Å². The Kier molecular flexibility index (Phi) is 6.46. The summed E-state index contributed by atoms with van der Waals surface area (Å²) in [6, 6.07) is 0. The first kappa shape index (κ1) is 22.6. The number of carbonyl (C=O) groups excluding carboxylic acids is 1. The molecule has 2 aliphatic carbocycles. The third kappa shape index (κ3) is 3.64. The lowest BCUT2D eigenvalue weighted by Gasteiger charge is -2.60. The van der Waals surface area contributed by atoms with Crippen LogP contribution in [0.3, 0.4) is 0 Å². The molecule has 2 aliphatic rings. The molecule has 2 fully saturated rings. The van der Waals surface area contributed by atoms with Gasteiger partial charge in [-0.15, -0.1) is 0 Å². The average molecular weight is 395 g/mol. The van der Waals surface area contributed by atoms with E-state index in [1.165, 1.54) is 6.92 Å². The van der Waals surface area contributed by atoms with Gasteiger partial charge in [0.1, 0.15) is 6.10 Å². The third-order valence-corrected chi connectivity index (χ3v) is 7.36. The molecule has 0 aliphatic heterocycles. The molecule has 0 radical (unpaired) electrons. The Balaban J connectivity index is 2.51. The Morgan fingerprint density at radius 2 is 1.93 bits per heavy atom. The molecule has 0 saturated heterocycles. The Morgan fingerprint density at radius 3 is 2.43 bits per heavy atom. The Hall–Kier alpha value is -1.66. The number of carboxylic acid groups (broad SMARTS) is 1. The maximum absolute atomic E-state index is 12.1. The monoisotopic (exact) mass is 394 g/mol. The molecule has 2 saturated carbocycles. The molecule has 6 heteroatoms. The third-order valence-electron chi connectivity index (χ3n) is 7.36. The van der Waals surface area contributed by atoms with Gasteiger partial charge in [-0.2, -0.15) is 0 Å². The number of allylic oxidation sites excluding steroid dienone is 2. The molecule has 0 spiro atoms. The van der Waals surface area contributed by atoms with Gasteiger partial charge in [-0.05, 0) is 63.9 Å². The number of rotatable bonds is 5. The van der Waals surface area contributed by atoms with Crippen LogP contribution in [-0.2, 0) is 14.3 Å². The van der Waals surface area contributed by atoms with Gasteiger partial charge in [-0.3, -0.25) is 9.59 Å². The molecule has 0 bridgehead atoms. The van der Waals surface area contributed by atoms with Gasteiger partial charge in [0.2, 0.25) is 0 Å². The first-order chi connectivity index (χ1) is 12.9. The van der Waals surface area contributed by atoms with Crippen molar-refractivity contribution in [3.05, 3.63) is 23.8 Å². The van der Waals surface area contributed by atoms with Crippen LogP contribution in [0.1, 0.15) is 60.3 Å². The molecule has 0 aromatic heterocycles. The highest BCUT2D eigenvalue weighted by Gasteiger charge is 2.64. The highest BCUT2D eigenvalue weighted by molar-refractivity contribution is 5.75. The second-order valence-electron chi connectivity index (χ2n) is 8.97. The molecule has 6 nitrogen and oxygen atoms in total. The average Bonchev–Trinajstić information content (AvgIpc) is 2.60. The number of hydrogen-bond donors (Lipinski definition) is 3. The minimum Gasteiger partial charge on any atom is -0.481 e. The molecule has 7 atom stereocenters. The number of hydrogen-bond acceptors (Lipinski definition) is 5. The van der Waals surface area contributed by atoms with E-state index >= 15 is 0 Å². The number of carboxylic acids is 1. The molecule has 0 heterocycles. The van der Waals surface area contributed by atoms with Crippen molar-refractivity contribution in [2.24, 2.45) is 22.7 Å². The van der Waals surface area contributed by atoms with E-state index in [0.29, 0.717) is 19.3 Å². The smallest absolute Gasteiger partial charge is 0.309 e. The highest BCUT2D eigenvalue weighted by atomic mass is 16.5. The summed E-state index contributed by atoms with van der Waals surface area (Å²) in [6.45, 7) is 12.8. The van der Waals surface area contributed by atoms with Gasteiger partial charge in [-0.1, -0.05) is 25.2 Å². The summed E-state index contributed by atoms with van der Waals surface area (Å²) in [6.07, 6.45) is 0.860. The van der Waals surface area contributed by atoms with Crippen molar-refractivity contribution in [2.45, 2.75) is 78.6 Å². The first-order valence-electron chi connectivity index (χ1n) is 9.96. The van der Waals surface area contributed by atoms with Crippen molar-refractivity contribution in [1.29, 1.82) is 0 Å². The van der Waals surface area contributed by atoms with Crippen molar-refractivity contribution < 1.29 is 29.6 Å². The van der Waals surface area contributed by atoms with Crippen LogP contribution in [0, 0.1) is 22.7 Å². The minimum absolute atomic E-state index is 0.0181. The zero-order valence-corrected chi connectivity index (χ0v) is 17.6. The van der Waals surface area contributed by atoms with E-state index in [9.17, 15) is 24.9 Å². The van der Waals surface area contributed by atoms with Crippen LogP contribution in [0.15, 0.2) is 23.8 Å². The number of aliphatic hydroxyl groups is 2. The molecule has 2 rings (SSSR count). The molecule has 0 aromatic rings. The predicted octanol–water partition coefficient (Wildman–Crippen LogP) is 3.08. The predicted molar refractivity (Wildman–Crippen MR) is 105 cm³/mol. The molecular formula is C22H34O6. The lowest BCUT2D eigenvalue weighted by atomic mass is 9.45. The van der Waals surface area contributed by atoms with E-state index in [1.807, 2.05) is 26.8 Å². The molecule has 158 valence electrons. The number of ether oxygens (including phenoxy) is 1. The number of aliphatic carboxylic acids is 1. The van der Waals surface area contributed by atoms with Crippen LogP contribution in [-0.4, -0.2) is 45.6 Å². The van der Waals surface area contributed by atoms with Crippen LogP contribution >= 0.6 is 0 Å². The summed E-state index contributed by atoms with van der Waals surface area (Å²) in [5.41, 5.74) is -0.230. The molecule has 0 aromatic carbocycles. The van der Waals surface area contributed by atoms with Crippen molar-refractivity contribution >= 4 is 11.9 Å². The van der Waals surface area contributed by atoms with Crippen LogP contribution in [0.4, 0.5) is 0 Å². The van der Waals surface area contributed by atoms with Crippen molar-refractivity contribution in [1.82, 2.24) is 0 Å². The van der Waals surface area contributed by atoms with Crippen molar-refractivity contribution in [2.75, 3.05) is 0 Å². The van der Waals surface area contributed by atoms with Crippen LogP contribution in [0.5, 0.6) is 0 Å². The maximum atomic E-state index is 12.1. The highest BCUT2D eigenvalue weighted by Crippen LogP contribution is 2.62. The van der Waals surface area contributed by atoms with Crippen LogP contribution in [0.25, 0.3) is 0 Å². The Bertz CT molecular complexity index is 683. The van der Waals surface area contributed by atoms with Gasteiger partial charge in [0, 0.05) is 12.3 Å². The van der Waals surface area contributed by atoms with Gasteiger partial charge in [0.05, 0.1) is 17.6 Å². The molecule has 3 N–H and O–H groups in total. The number of aliphatic hydroxyl groups excluding tert-OH is 2. The Labute approximate surface area is 167 Å².